The highest BCUT2D eigenvalue weighted by atomic mass is 16.4. The molecular weight excluding hydrogens is 290 g/mol. The Kier molecular flexibility index (Phi) is 4.19. The molecule has 0 saturated heterocycles. The van der Waals surface area contributed by atoms with Crippen LogP contribution in [0, 0.1) is 0 Å². The third-order valence-electron chi connectivity index (χ3n) is 3.75. The van der Waals surface area contributed by atoms with Crippen LogP contribution in [-0.2, 0) is 12.8 Å². The molecule has 1 N–H and O–H groups in total. The molecule has 0 aliphatic heterocycles. The van der Waals surface area contributed by atoms with Gasteiger partial charge >= 0.3 is 5.97 Å². The number of carbonyl (C=O) groups is 1. The molecule has 0 fully saturated rings. The third kappa shape index (κ3) is 3.29. The van der Waals surface area contributed by atoms with Crippen molar-refractivity contribution in [2.75, 3.05) is 0 Å². The number of carboxylic acid groups (broad SMARTS) is 1. The van der Waals surface area contributed by atoms with Crippen LogP contribution < -0.4 is 0 Å². The molecule has 0 spiro atoms. The first-order valence-corrected chi connectivity index (χ1v) is 7.48. The van der Waals surface area contributed by atoms with Crippen LogP contribution in [0.2, 0.25) is 0 Å². The molecule has 0 bridgehead atoms. The van der Waals surface area contributed by atoms with Gasteiger partial charge in [-0.2, -0.15) is 5.10 Å². The van der Waals surface area contributed by atoms with E-state index in [9.17, 15) is 4.79 Å². The van der Waals surface area contributed by atoms with Crippen molar-refractivity contribution in [1.29, 1.82) is 0 Å². The predicted molar refractivity (Wildman–Crippen MR) is 86.9 cm³/mol. The molecule has 0 aliphatic carbocycles. The van der Waals surface area contributed by atoms with Gasteiger partial charge in [0.05, 0.1) is 11.3 Å². The van der Waals surface area contributed by atoms with Crippen molar-refractivity contribution in [3.05, 3.63) is 77.2 Å². The first-order chi connectivity index (χ1) is 11.2. The summed E-state index contributed by atoms with van der Waals surface area (Å²) in [7, 11) is 0. The van der Waals surface area contributed by atoms with Crippen molar-refractivity contribution in [2.24, 2.45) is 0 Å². The smallest absolute Gasteiger partial charge is 0.335 e. The fourth-order valence-corrected chi connectivity index (χ4v) is 2.44. The van der Waals surface area contributed by atoms with Crippen LogP contribution in [0.25, 0.3) is 5.82 Å². The lowest BCUT2D eigenvalue weighted by atomic mass is 10.1. The average Bonchev–Trinajstić information content (AvgIpc) is 3.04. The fourth-order valence-electron chi connectivity index (χ4n) is 2.44. The highest BCUT2D eigenvalue weighted by Gasteiger charge is 2.10. The van der Waals surface area contributed by atoms with E-state index in [4.69, 9.17) is 5.11 Å². The first-order valence-electron chi connectivity index (χ1n) is 7.48. The zero-order valence-electron chi connectivity index (χ0n) is 12.8. The number of nitrogens with zero attached hydrogens (tertiary/aromatic N) is 3. The Morgan fingerprint density at radius 2 is 1.83 bits per heavy atom. The second-order valence-electron chi connectivity index (χ2n) is 5.29. The number of aromatic nitrogens is 3. The predicted octanol–water partition coefficient (Wildman–Crippen LogP) is 3.12. The quantitative estimate of drug-likeness (QED) is 0.786. The Bertz CT molecular complexity index is 822. The van der Waals surface area contributed by atoms with Crippen LogP contribution in [0.5, 0.6) is 0 Å². The van der Waals surface area contributed by atoms with Crippen molar-refractivity contribution in [3.8, 4) is 5.82 Å². The molecule has 0 saturated carbocycles. The topological polar surface area (TPSA) is 68.0 Å². The average molecular weight is 307 g/mol. The van der Waals surface area contributed by atoms with Crippen LogP contribution >= 0.6 is 0 Å². The Labute approximate surface area is 134 Å². The summed E-state index contributed by atoms with van der Waals surface area (Å²) in [6, 6.07) is 13.4. The number of hydrogen-bond donors (Lipinski definition) is 1. The molecule has 0 aliphatic rings. The Morgan fingerprint density at radius 3 is 2.52 bits per heavy atom. The van der Waals surface area contributed by atoms with E-state index in [1.165, 1.54) is 29.5 Å². The normalized spacial score (nSPS) is 10.7. The second-order valence-corrected chi connectivity index (χ2v) is 5.29. The lowest BCUT2D eigenvalue weighted by molar-refractivity contribution is 0.0696. The van der Waals surface area contributed by atoms with Crippen molar-refractivity contribution < 1.29 is 9.90 Å². The van der Waals surface area contributed by atoms with Gasteiger partial charge in [0.2, 0.25) is 0 Å². The number of pyridine rings is 1. The summed E-state index contributed by atoms with van der Waals surface area (Å²) in [5, 5.41) is 13.4. The van der Waals surface area contributed by atoms with Crippen LogP contribution in [0.1, 0.15) is 34.1 Å². The number of rotatable bonds is 5. The van der Waals surface area contributed by atoms with E-state index in [1.54, 1.807) is 10.9 Å². The van der Waals surface area contributed by atoms with E-state index in [-0.39, 0.29) is 5.56 Å². The van der Waals surface area contributed by atoms with Crippen molar-refractivity contribution in [1.82, 2.24) is 14.8 Å². The van der Waals surface area contributed by atoms with Gasteiger partial charge in [-0.15, -0.1) is 0 Å². The maximum atomic E-state index is 11.1. The van der Waals surface area contributed by atoms with E-state index < -0.39 is 5.97 Å². The molecule has 0 radical (unpaired) electrons. The first kappa shape index (κ1) is 15.0. The number of aryl methyl sites for hydroxylation is 1. The van der Waals surface area contributed by atoms with Gasteiger partial charge in [0, 0.05) is 18.8 Å². The Hall–Kier alpha value is -2.95. The van der Waals surface area contributed by atoms with Gasteiger partial charge in [-0.1, -0.05) is 31.2 Å². The molecule has 1 aromatic carbocycles. The van der Waals surface area contributed by atoms with Gasteiger partial charge in [0.15, 0.2) is 5.82 Å². The monoisotopic (exact) mass is 307 g/mol. The molecule has 2 heterocycles. The summed E-state index contributed by atoms with van der Waals surface area (Å²) in [6.45, 7) is 2.13. The van der Waals surface area contributed by atoms with Gasteiger partial charge in [-0.3, -0.25) is 0 Å². The summed E-state index contributed by atoms with van der Waals surface area (Å²) in [6.07, 6.45) is 4.91. The highest BCUT2D eigenvalue weighted by Crippen LogP contribution is 2.15. The maximum Gasteiger partial charge on any atom is 0.335 e. The maximum absolute atomic E-state index is 11.1. The third-order valence-corrected chi connectivity index (χ3v) is 3.75. The van der Waals surface area contributed by atoms with Crippen molar-refractivity contribution in [2.45, 2.75) is 19.8 Å². The molecule has 0 unspecified atom stereocenters. The molecule has 23 heavy (non-hydrogen) atoms. The lowest BCUT2D eigenvalue weighted by Gasteiger charge is -2.08. The molecule has 0 amide bonds. The standard InChI is InChI=1S/C18H17N3O2/c1-2-13-3-5-14(6-4-13)11-16-8-10-20-21(16)17-12-15(18(22)23)7-9-19-17/h3-10,12H,2,11H2,1H3,(H,22,23). The van der Waals surface area contributed by atoms with Crippen molar-refractivity contribution in [3.63, 3.8) is 0 Å². The minimum atomic E-state index is -0.975. The Morgan fingerprint density at radius 1 is 1.09 bits per heavy atom. The molecule has 2 aromatic heterocycles. The fraction of sp³-hybridized carbons (Fsp3) is 0.167. The van der Waals surface area contributed by atoms with Crippen LogP contribution in [0.4, 0.5) is 0 Å². The van der Waals surface area contributed by atoms with Crippen LogP contribution in [0.15, 0.2) is 54.9 Å². The SMILES string of the molecule is CCc1ccc(Cc2ccnn2-c2cc(C(=O)O)ccn2)cc1. The number of carboxylic acids is 1. The highest BCUT2D eigenvalue weighted by molar-refractivity contribution is 5.87. The molecule has 3 aromatic rings. The van der Waals surface area contributed by atoms with E-state index in [2.05, 4.69) is 41.3 Å². The van der Waals surface area contributed by atoms with E-state index in [0.717, 1.165) is 12.1 Å². The van der Waals surface area contributed by atoms with E-state index in [1.807, 2.05) is 6.07 Å². The van der Waals surface area contributed by atoms with Crippen LogP contribution in [-0.4, -0.2) is 25.8 Å². The summed E-state index contributed by atoms with van der Waals surface area (Å²) in [5.74, 6) is -0.465. The second kappa shape index (κ2) is 6.44. The summed E-state index contributed by atoms with van der Waals surface area (Å²) < 4.78 is 1.68. The van der Waals surface area contributed by atoms with Gasteiger partial charge in [0.1, 0.15) is 0 Å². The minimum absolute atomic E-state index is 0.198. The van der Waals surface area contributed by atoms with Gasteiger partial charge in [-0.05, 0) is 35.7 Å². The molecule has 5 heteroatoms. The lowest BCUT2D eigenvalue weighted by Crippen LogP contribution is -2.07. The molecule has 116 valence electrons. The zero-order chi connectivity index (χ0) is 16.2. The van der Waals surface area contributed by atoms with E-state index in [0.29, 0.717) is 12.2 Å². The van der Waals surface area contributed by atoms with Gasteiger partial charge < -0.3 is 5.11 Å². The Balaban J connectivity index is 1.89. The van der Waals surface area contributed by atoms with Crippen LogP contribution in [0.3, 0.4) is 0 Å². The number of hydrogen-bond acceptors (Lipinski definition) is 3. The largest absolute Gasteiger partial charge is 0.478 e. The molecular formula is C18H17N3O2. The molecule has 0 atom stereocenters. The number of benzene rings is 1. The number of aromatic carboxylic acids is 1. The zero-order valence-corrected chi connectivity index (χ0v) is 12.8. The van der Waals surface area contributed by atoms with E-state index >= 15 is 0 Å². The minimum Gasteiger partial charge on any atom is -0.478 e. The summed E-state index contributed by atoms with van der Waals surface area (Å²) >= 11 is 0. The molecule has 3 rings (SSSR count). The summed E-state index contributed by atoms with van der Waals surface area (Å²) in [4.78, 5) is 15.3. The molecule has 5 nitrogen and oxygen atoms in total. The summed E-state index contributed by atoms with van der Waals surface area (Å²) in [5.41, 5.74) is 3.64. The van der Waals surface area contributed by atoms with Gasteiger partial charge in [-0.25, -0.2) is 14.5 Å². The van der Waals surface area contributed by atoms with Crippen molar-refractivity contribution >= 4 is 5.97 Å². The van der Waals surface area contributed by atoms with Gasteiger partial charge in [0.25, 0.3) is 0 Å².